The van der Waals surface area contributed by atoms with Crippen LogP contribution in [0.3, 0.4) is 0 Å². The third-order valence-electron chi connectivity index (χ3n) is 4.22. The molecule has 5 nitrogen and oxygen atoms in total. The lowest BCUT2D eigenvalue weighted by Gasteiger charge is -2.26. The average Bonchev–Trinajstić information content (AvgIpc) is 2.85. The maximum atomic E-state index is 5.81. The van der Waals surface area contributed by atoms with Crippen molar-refractivity contribution in [1.29, 1.82) is 0 Å². The first kappa shape index (κ1) is 15.2. The van der Waals surface area contributed by atoms with Gasteiger partial charge >= 0.3 is 0 Å². The molecule has 2 rings (SSSR count). The number of nitrogens with two attached hydrogens (primary N) is 1. The van der Waals surface area contributed by atoms with Gasteiger partial charge < -0.3 is 9.47 Å². The van der Waals surface area contributed by atoms with E-state index in [1.54, 1.807) is 7.11 Å². The zero-order valence-electron chi connectivity index (χ0n) is 12.8. The fourth-order valence-corrected chi connectivity index (χ4v) is 2.99. The fourth-order valence-electron chi connectivity index (χ4n) is 2.99. The highest BCUT2D eigenvalue weighted by atomic mass is 16.5. The third kappa shape index (κ3) is 2.95. The van der Waals surface area contributed by atoms with Crippen molar-refractivity contribution in [1.82, 2.24) is 10.4 Å². The number of aryl methyl sites for hydroxylation is 1. The summed E-state index contributed by atoms with van der Waals surface area (Å²) in [5.74, 6) is 7.15. The predicted octanol–water partition coefficient (Wildman–Crippen LogP) is 1.51. The Balaban J connectivity index is 2.19. The molecule has 3 atom stereocenters. The highest BCUT2D eigenvalue weighted by Crippen LogP contribution is 2.28. The number of hydrogen-bond donors (Lipinski definition) is 2. The molecule has 1 saturated heterocycles. The molecule has 0 saturated carbocycles. The zero-order chi connectivity index (χ0) is 14.7. The molecule has 0 aromatic carbocycles. The summed E-state index contributed by atoms with van der Waals surface area (Å²) in [6.07, 6.45) is 3.84. The molecule has 1 aliphatic rings. The van der Waals surface area contributed by atoms with Crippen LogP contribution in [-0.2, 0) is 11.2 Å². The van der Waals surface area contributed by atoms with Crippen molar-refractivity contribution < 1.29 is 9.47 Å². The molecule has 0 amide bonds. The maximum absolute atomic E-state index is 5.81. The van der Waals surface area contributed by atoms with Gasteiger partial charge in [0, 0.05) is 36.0 Å². The summed E-state index contributed by atoms with van der Waals surface area (Å²) in [5, 5.41) is 0. The Bertz CT molecular complexity index is 465. The van der Waals surface area contributed by atoms with Crippen LogP contribution in [0.2, 0.25) is 0 Å². The van der Waals surface area contributed by atoms with Gasteiger partial charge in [-0.05, 0) is 26.2 Å². The van der Waals surface area contributed by atoms with Gasteiger partial charge in [-0.3, -0.25) is 16.3 Å². The first-order chi connectivity index (χ1) is 9.58. The summed E-state index contributed by atoms with van der Waals surface area (Å²) in [7, 11) is 1.69. The molecule has 0 radical (unpaired) electrons. The molecule has 0 aliphatic carbocycles. The van der Waals surface area contributed by atoms with E-state index in [0.29, 0.717) is 5.92 Å². The monoisotopic (exact) mass is 279 g/mol. The smallest absolute Gasteiger partial charge is 0.128 e. The van der Waals surface area contributed by atoms with Crippen molar-refractivity contribution in [2.45, 2.75) is 45.8 Å². The number of ether oxygens (including phenoxy) is 2. The Morgan fingerprint density at radius 2 is 2.30 bits per heavy atom. The molecule has 112 valence electrons. The van der Waals surface area contributed by atoms with Gasteiger partial charge in [-0.25, -0.2) is 0 Å². The summed E-state index contributed by atoms with van der Waals surface area (Å²) in [5.41, 5.74) is 6.04. The first-order valence-corrected chi connectivity index (χ1v) is 7.15. The number of hydrazine groups is 1. The quantitative estimate of drug-likeness (QED) is 0.631. The topological polar surface area (TPSA) is 69.4 Å². The van der Waals surface area contributed by atoms with Crippen LogP contribution in [0.15, 0.2) is 6.20 Å². The Kier molecular flexibility index (Phi) is 4.96. The van der Waals surface area contributed by atoms with Crippen LogP contribution in [0.25, 0.3) is 0 Å². The molecule has 1 aromatic rings. The van der Waals surface area contributed by atoms with Gasteiger partial charge in [-0.15, -0.1) is 0 Å². The lowest BCUT2D eigenvalue weighted by molar-refractivity contribution is 0.0607. The minimum atomic E-state index is 0.0751. The van der Waals surface area contributed by atoms with Crippen LogP contribution in [0.1, 0.15) is 30.2 Å². The van der Waals surface area contributed by atoms with Gasteiger partial charge in [0.05, 0.1) is 19.3 Å². The Morgan fingerprint density at radius 1 is 1.55 bits per heavy atom. The van der Waals surface area contributed by atoms with E-state index in [9.17, 15) is 0 Å². The molecule has 5 heteroatoms. The number of pyridine rings is 1. The molecule has 0 spiro atoms. The largest absolute Gasteiger partial charge is 0.496 e. The maximum Gasteiger partial charge on any atom is 0.128 e. The lowest BCUT2D eigenvalue weighted by Crippen LogP contribution is -2.47. The van der Waals surface area contributed by atoms with E-state index >= 15 is 0 Å². The SMILES string of the molecule is COc1c(C)cnc(CC(NN)C2OCCC2C)c1C. The molecule has 1 aliphatic heterocycles. The summed E-state index contributed by atoms with van der Waals surface area (Å²) in [6.45, 7) is 7.07. The molecule has 1 fully saturated rings. The standard InChI is InChI=1S/C15H25N3O2/c1-9-5-6-20-15(9)13(18-16)7-12-11(3)14(19-4)10(2)8-17-12/h8-9,13,15,18H,5-7,16H2,1-4H3. The van der Waals surface area contributed by atoms with Crippen molar-refractivity contribution >= 4 is 0 Å². The van der Waals surface area contributed by atoms with Crippen molar-refractivity contribution in [2.24, 2.45) is 11.8 Å². The molecule has 3 N–H and O–H groups in total. The normalized spacial score (nSPS) is 23.9. The van der Waals surface area contributed by atoms with Crippen molar-refractivity contribution in [2.75, 3.05) is 13.7 Å². The third-order valence-corrected chi connectivity index (χ3v) is 4.22. The highest BCUT2D eigenvalue weighted by Gasteiger charge is 2.32. The second-order valence-electron chi connectivity index (χ2n) is 5.62. The summed E-state index contributed by atoms with van der Waals surface area (Å²) in [4.78, 5) is 4.54. The minimum Gasteiger partial charge on any atom is -0.496 e. The van der Waals surface area contributed by atoms with Gasteiger partial charge in [0.2, 0.25) is 0 Å². The Morgan fingerprint density at radius 3 is 2.85 bits per heavy atom. The van der Waals surface area contributed by atoms with E-state index < -0.39 is 0 Å². The molecular formula is C15H25N3O2. The van der Waals surface area contributed by atoms with Crippen LogP contribution in [0.5, 0.6) is 5.75 Å². The number of aromatic nitrogens is 1. The number of hydrogen-bond acceptors (Lipinski definition) is 5. The summed E-state index contributed by atoms with van der Waals surface area (Å²) >= 11 is 0. The molecule has 0 bridgehead atoms. The van der Waals surface area contributed by atoms with E-state index in [4.69, 9.17) is 15.3 Å². The van der Waals surface area contributed by atoms with Crippen molar-refractivity contribution in [3.63, 3.8) is 0 Å². The predicted molar refractivity (Wildman–Crippen MR) is 78.6 cm³/mol. The van der Waals surface area contributed by atoms with E-state index in [2.05, 4.69) is 17.3 Å². The molecular weight excluding hydrogens is 254 g/mol. The van der Waals surface area contributed by atoms with Crippen LogP contribution < -0.4 is 16.0 Å². The first-order valence-electron chi connectivity index (χ1n) is 7.15. The van der Waals surface area contributed by atoms with Crippen LogP contribution in [0.4, 0.5) is 0 Å². The van der Waals surface area contributed by atoms with Gasteiger partial charge in [-0.1, -0.05) is 6.92 Å². The average molecular weight is 279 g/mol. The van der Waals surface area contributed by atoms with Crippen molar-refractivity contribution in [3.8, 4) is 5.75 Å². The Hall–Kier alpha value is -1.17. The van der Waals surface area contributed by atoms with E-state index in [1.807, 2.05) is 20.0 Å². The van der Waals surface area contributed by atoms with Gasteiger partial charge in [0.1, 0.15) is 5.75 Å². The highest BCUT2D eigenvalue weighted by molar-refractivity contribution is 5.41. The summed E-state index contributed by atoms with van der Waals surface area (Å²) in [6, 6.07) is 0.0751. The van der Waals surface area contributed by atoms with Gasteiger partial charge in [0.15, 0.2) is 0 Å². The van der Waals surface area contributed by atoms with Gasteiger partial charge in [0.25, 0.3) is 0 Å². The Labute approximate surface area is 120 Å². The number of methoxy groups -OCH3 is 1. The zero-order valence-corrected chi connectivity index (χ0v) is 12.8. The van der Waals surface area contributed by atoms with E-state index in [-0.39, 0.29) is 12.1 Å². The number of nitrogens with zero attached hydrogens (tertiary/aromatic N) is 1. The summed E-state index contributed by atoms with van der Waals surface area (Å²) < 4.78 is 11.3. The van der Waals surface area contributed by atoms with E-state index in [1.165, 1.54) is 0 Å². The fraction of sp³-hybridized carbons (Fsp3) is 0.667. The lowest BCUT2D eigenvalue weighted by atomic mass is 9.93. The number of rotatable bonds is 5. The van der Waals surface area contributed by atoms with Crippen LogP contribution in [-0.4, -0.2) is 30.8 Å². The molecule has 20 heavy (non-hydrogen) atoms. The van der Waals surface area contributed by atoms with Crippen LogP contribution in [0, 0.1) is 19.8 Å². The molecule has 3 unspecified atom stereocenters. The second-order valence-corrected chi connectivity index (χ2v) is 5.62. The van der Waals surface area contributed by atoms with E-state index in [0.717, 1.165) is 42.0 Å². The number of nitrogens with one attached hydrogen (secondary N) is 1. The van der Waals surface area contributed by atoms with Gasteiger partial charge in [-0.2, -0.15) is 0 Å². The minimum absolute atomic E-state index is 0.0751. The van der Waals surface area contributed by atoms with Crippen LogP contribution >= 0.6 is 0 Å². The van der Waals surface area contributed by atoms with Crippen molar-refractivity contribution in [3.05, 3.63) is 23.0 Å². The molecule has 1 aromatic heterocycles. The second kappa shape index (κ2) is 6.52. The molecule has 2 heterocycles.